The highest BCUT2D eigenvalue weighted by Crippen LogP contribution is 2.23. The minimum Gasteiger partial charge on any atom is -0.356 e. The van der Waals surface area contributed by atoms with Crippen LogP contribution in [0.15, 0.2) is 41.5 Å². The Hall–Kier alpha value is -2.25. The highest BCUT2D eigenvalue weighted by Gasteiger charge is 2.22. The van der Waals surface area contributed by atoms with Gasteiger partial charge in [0.05, 0.1) is 6.04 Å². The second-order valence-corrected chi connectivity index (χ2v) is 6.62. The van der Waals surface area contributed by atoms with Crippen LogP contribution in [-0.4, -0.2) is 50.1 Å². The number of halogens is 3. The molecule has 1 heterocycles. The van der Waals surface area contributed by atoms with Gasteiger partial charge in [0.15, 0.2) is 5.96 Å². The van der Waals surface area contributed by atoms with Crippen molar-refractivity contribution in [1.29, 1.82) is 0 Å². The van der Waals surface area contributed by atoms with Gasteiger partial charge in [-0.05, 0) is 44.3 Å². The minimum absolute atomic E-state index is 0.0395. The van der Waals surface area contributed by atoms with Crippen molar-refractivity contribution in [2.24, 2.45) is 4.99 Å². The molecule has 2 N–H and O–H groups in total. The third kappa shape index (κ3) is 6.15. The molecule has 0 fully saturated rings. The van der Waals surface area contributed by atoms with Crippen LogP contribution in [0.25, 0.3) is 0 Å². The summed E-state index contributed by atoms with van der Waals surface area (Å²) in [5, 5.41) is 6.76. The molecule has 27 heavy (non-hydrogen) atoms. The molecule has 0 aliphatic rings. The molecule has 1 unspecified atom stereocenters. The van der Waals surface area contributed by atoms with Gasteiger partial charge in [0, 0.05) is 31.9 Å². The lowest BCUT2D eigenvalue weighted by molar-refractivity contribution is 0.282. The van der Waals surface area contributed by atoms with Crippen LogP contribution in [0.2, 0.25) is 5.15 Å². The van der Waals surface area contributed by atoms with E-state index in [9.17, 15) is 8.78 Å². The summed E-state index contributed by atoms with van der Waals surface area (Å²) in [6.45, 7) is 0.927. The van der Waals surface area contributed by atoms with Crippen LogP contribution in [0.5, 0.6) is 0 Å². The van der Waals surface area contributed by atoms with Gasteiger partial charge in [0.2, 0.25) is 0 Å². The first kappa shape index (κ1) is 21.1. The fraction of sp³-hybridized carbons (Fsp3) is 0.368. The van der Waals surface area contributed by atoms with E-state index in [1.165, 1.54) is 18.2 Å². The zero-order valence-corrected chi connectivity index (χ0v) is 16.4. The summed E-state index contributed by atoms with van der Waals surface area (Å²) in [6.07, 6.45) is 2.47. The Morgan fingerprint density at radius 2 is 1.89 bits per heavy atom. The average molecular weight is 396 g/mol. The monoisotopic (exact) mass is 395 g/mol. The maximum absolute atomic E-state index is 14.1. The van der Waals surface area contributed by atoms with Crippen LogP contribution in [0.1, 0.15) is 17.2 Å². The summed E-state index contributed by atoms with van der Waals surface area (Å²) in [4.78, 5) is 9.96. The highest BCUT2D eigenvalue weighted by molar-refractivity contribution is 6.29. The van der Waals surface area contributed by atoms with Gasteiger partial charge in [-0.2, -0.15) is 0 Å². The first-order valence-corrected chi connectivity index (χ1v) is 8.95. The number of nitrogens with zero attached hydrogens (tertiary/aromatic N) is 3. The fourth-order valence-electron chi connectivity index (χ4n) is 2.67. The Kier molecular flexibility index (Phi) is 7.94. The largest absolute Gasteiger partial charge is 0.356 e. The summed E-state index contributed by atoms with van der Waals surface area (Å²) >= 11 is 5.77. The lowest BCUT2D eigenvalue weighted by atomic mass is 10.0. The number of guanidine groups is 1. The molecule has 0 radical (unpaired) electrons. The number of hydrogen-bond acceptors (Lipinski definition) is 3. The SMILES string of the molecule is CN=C(NCCc1ccc(Cl)nc1)NCC(c1c(F)cccc1F)N(C)C. The van der Waals surface area contributed by atoms with Crippen molar-refractivity contribution in [3.63, 3.8) is 0 Å². The summed E-state index contributed by atoms with van der Waals surface area (Å²) in [5.41, 5.74) is 1.08. The number of aliphatic imine (C=N–C) groups is 1. The van der Waals surface area contributed by atoms with E-state index in [2.05, 4.69) is 20.6 Å². The van der Waals surface area contributed by atoms with Gasteiger partial charge in [0.1, 0.15) is 16.8 Å². The number of benzene rings is 1. The van der Waals surface area contributed by atoms with Crippen molar-refractivity contribution in [3.05, 3.63) is 64.4 Å². The zero-order chi connectivity index (χ0) is 19.8. The van der Waals surface area contributed by atoms with Crippen molar-refractivity contribution in [1.82, 2.24) is 20.5 Å². The van der Waals surface area contributed by atoms with E-state index >= 15 is 0 Å². The van der Waals surface area contributed by atoms with Crippen molar-refractivity contribution < 1.29 is 8.78 Å². The number of aromatic nitrogens is 1. The number of likely N-dealkylation sites (N-methyl/N-ethyl adjacent to an activating group) is 1. The van der Waals surface area contributed by atoms with Gasteiger partial charge in [0.25, 0.3) is 0 Å². The Morgan fingerprint density at radius 1 is 1.19 bits per heavy atom. The summed E-state index contributed by atoms with van der Waals surface area (Å²) < 4.78 is 28.3. The molecule has 0 aliphatic heterocycles. The quantitative estimate of drug-likeness (QED) is 0.430. The van der Waals surface area contributed by atoms with Gasteiger partial charge in [-0.25, -0.2) is 13.8 Å². The van der Waals surface area contributed by atoms with Gasteiger partial charge in [-0.15, -0.1) is 0 Å². The molecule has 2 aromatic rings. The Balaban J connectivity index is 1.93. The molecular formula is C19H24ClF2N5. The van der Waals surface area contributed by atoms with E-state index in [1.54, 1.807) is 38.3 Å². The smallest absolute Gasteiger partial charge is 0.191 e. The van der Waals surface area contributed by atoms with E-state index in [-0.39, 0.29) is 5.56 Å². The van der Waals surface area contributed by atoms with Gasteiger partial charge < -0.3 is 15.5 Å². The molecule has 1 atom stereocenters. The van der Waals surface area contributed by atoms with E-state index in [4.69, 9.17) is 11.6 Å². The third-order valence-electron chi connectivity index (χ3n) is 4.14. The first-order valence-electron chi connectivity index (χ1n) is 8.57. The van der Waals surface area contributed by atoms with Crippen LogP contribution in [-0.2, 0) is 6.42 Å². The summed E-state index contributed by atoms with van der Waals surface area (Å²) in [7, 11) is 5.21. The van der Waals surface area contributed by atoms with Crippen LogP contribution < -0.4 is 10.6 Å². The molecule has 0 spiro atoms. The normalized spacial score (nSPS) is 12.9. The average Bonchev–Trinajstić information content (AvgIpc) is 2.63. The van der Waals surface area contributed by atoms with Crippen molar-refractivity contribution in [2.75, 3.05) is 34.2 Å². The van der Waals surface area contributed by atoms with Gasteiger partial charge in [-0.1, -0.05) is 23.7 Å². The lowest BCUT2D eigenvalue weighted by Gasteiger charge is -2.26. The van der Waals surface area contributed by atoms with Crippen LogP contribution in [0.3, 0.4) is 0 Å². The Labute approximate surface area is 163 Å². The second kappa shape index (κ2) is 10.2. The maximum Gasteiger partial charge on any atom is 0.191 e. The molecule has 0 bridgehead atoms. The molecule has 1 aromatic heterocycles. The van der Waals surface area contributed by atoms with E-state index in [0.29, 0.717) is 24.2 Å². The van der Waals surface area contributed by atoms with Crippen LogP contribution in [0, 0.1) is 11.6 Å². The standard InChI is InChI=1S/C19H24ClF2N5/c1-23-19(24-10-9-13-7-8-17(20)25-11-13)26-12-16(27(2)3)18-14(21)5-4-6-15(18)22/h4-8,11,16H,9-10,12H2,1-3H3,(H2,23,24,26). The number of hydrogen-bond donors (Lipinski definition) is 2. The van der Waals surface area contributed by atoms with Crippen LogP contribution in [0.4, 0.5) is 8.78 Å². The van der Waals surface area contributed by atoms with Gasteiger partial charge in [-0.3, -0.25) is 4.99 Å². The zero-order valence-electron chi connectivity index (χ0n) is 15.6. The molecule has 1 aromatic carbocycles. The predicted octanol–water partition coefficient (Wildman–Crippen LogP) is 3.02. The van der Waals surface area contributed by atoms with Crippen LogP contribution >= 0.6 is 11.6 Å². The van der Waals surface area contributed by atoms with E-state index < -0.39 is 17.7 Å². The topological polar surface area (TPSA) is 52.6 Å². The molecular weight excluding hydrogens is 372 g/mol. The molecule has 0 saturated heterocycles. The molecule has 8 heteroatoms. The van der Waals surface area contributed by atoms with Gasteiger partial charge >= 0.3 is 0 Å². The molecule has 5 nitrogen and oxygen atoms in total. The van der Waals surface area contributed by atoms with Crippen molar-refractivity contribution in [2.45, 2.75) is 12.5 Å². The number of nitrogens with one attached hydrogen (secondary N) is 2. The van der Waals surface area contributed by atoms with Crippen molar-refractivity contribution >= 4 is 17.6 Å². The number of pyridine rings is 1. The third-order valence-corrected chi connectivity index (χ3v) is 4.36. The lowest BCUT2D eigenvalue weighted by Crippen LogP contribution is -2.42. The first-order chi connectivity index (χ1) is 12.9. The van der Waals surface area contributed by atoms with Crippen molar-refractivity contribution in [3.8, 4) is 0 Å². The van der Waals surface area contributed by atoms with E-state index in [0.717, 1.165) is 12.0 Å². The molecule has 0 amide bonds. The second-order valence-electron chi connectivity index (χ2n) is 6.23. The van der Waals surface area contributed by atoms with E-state index in [1.807, 2.05) is 6.07 Å². The summed E-state index contributed by atoms with van der Waals surface area (Å²) in [5.74, 6) is -0.567. The molecule has 2 rings (SSSR count). The number of rotatable bonds is 7. The Morgan fingerprint density at radius 3 is 2.44 bits per heavy atom. The minimum atomic E-state index is -0.561. The highest BCUT2D eigenvalue weighted by atomic mass is 35.5. The Bertz CT molecular complexity index is 745. The predicted molar refractivity (Wildman–Crippen MR) is 105 cm³/mol. The molecule has 0 saturated carbocycles. The fourth-order valence-corrected chi connectivity index (χ4v) is 2.78. The maximum atomic E-state index is 14.1. The molecule has 0 aliphatic carbocycles. The summed E-state index contributed by atoms with van der Waals surface area (Å²) in [6, 6.07) is 7.07. The molecule has 146 valence electrons.